The molecule has 0 bridgehead atoms. The van der Waals surface area contributed by atoms with E-state index in [4.69, 9.17) is 0 Å². The summed E-state index contributed by atoms with van der Waals surface area (Å²) in [7, 11) is 1.96. The molecule has 2 aromatic rings. The van der Waals surface area contributed by atoms with Crippen LogP contribution in [0.4, 0.5) is 0 Å². The SMILES string of the molecule is C=CC(=O)c1ccc2ccn(C)c2c1. The molecule has 0 radical (unpaired) electrons. The maximum absolute atomic E-state index is 11.4. The summed E-state index contributed by atoms with van der Waals surface area (Å²) in [6.45, 7) is 3.47. The fourth-order valence-electron chi connectivity index (χ4n) is 1.53. The van der Waals surface area contributed by atoms with Crippen LogP contribution in [0.25, 0.3) is 10.9 Å². The molecule has 0 unspecified atom stereocenters. The predicted octanol–water partition coefficient (Wildman–Crippen LogP) is 2.55. The van der Waals surface area contributed by atoms with E-state index in [2.05, 4.69) is 6.58 Å². The molecule has 0 fully saturated rings. The Morgan fingerprint density at radius 3 is 2.93 bits per heavy atom. The summed E-state index contributed by atoms with van der Waals surface area (Å²) < 4.78 is 2.00. The summed E-state index contributed by atoms with van der Waals surface area (Å²) in [6, 6.07) is 7.69. The molecule has 1 heterocycles. The van der Waals surface area contributed by atoms with Gasteiger partial charge in [0.25, 0.3) is 0 Å². The Morgan fingerprint density at radius 2 is 2.21 bits per heavy atom. The van der Waals surface area contributed by atoms with Crippen molar-refractivity contribution >= 4 is 16.7 Å². The van der Waals surface area contributed by atoms with E-state index in [1.54, 1.807) is 0 Å². The van der Waals surface area contributed by atoms with Gasteiger partial charge in [-0.3, -0.25) is 4.79 Å². The topological polar surface area (TPSA) is 22.0 Å². The number of aryl methyl sites for hydroxylation is 1. The Bertz CT molecular complexity index is 508. The number of aromatic nitrogens is 1. The highest BCUT2D eigenvalue weighted by Gasteiger charge is 2.03. The highest BCUT2D eigenvalue weighted by Crippen LogP contribution is 2.16. The summed E-state index contributed by atoms with van der Waals surface area (Å²) in [4.78, 5) is 11.4. The summed E-state index contributed by atoms with van der Waals surface area (Å²) in [5.74, 6) is -0.0342. The number of carbonyl (C=O) groups excluding carboxylic acids is 1. The Balaban J connectivity index is 2.65. The van der Waals surface area contributed by atoms with Crippen LogP contribution in [-0.2, 0) is 7.05 Å². The second-order valence-electron chi connectivity index (χ2n) is 3.27. The van der Waals surface area contributed by atoms with Crippen LogP contribution in [0, 0.1) is 0 Å². The van der Waals surface area contributed by atoms with E-state index in [1.165, 1.54) is 6.08 Å². The van der Waals surface area contributed by atoms with Gasteiger partial charge in [0.2, 0.25) is 0 Å². The van der Waals surface area contributed by atoms with Gasteiger partial charge < -0.3 is 4.57 Å². The van der Waals surface area contributed by atoms with Gasteiger partial charge in [-0.15, -0.1) is 0 Å². The molecule has 0 spiro atoms. The molecular formula is C12H11NO. The van der Waals surface area contributed by atoms with Gasteiger partial charge in [-0.25, -0.2) is 0 Å². The molecule has 1 aromatic heterocycles. The van der Waals surface area contributed by atoms with E-state index in [9.17, 15) is 4.79 Å². The molecule has 0 N–H and O–H groups in total. The van der Waals surface area contributed by atoms with E-state index in [1.807, 2.05) is 42.1 Å². The normalized spacial score (nSPS) is 10.4. The number of rotatable bonds is 2. The average molecular weight is 185 g/mol. The van der Waals surface area contributed by atoms with Gasteiger partial charge in [0.05, 0.1) is 0 Å². The lowest BCUT2D eigenvalue weighted by atomic mass is 10.1. The number of hydrogen-bond donors (Lipinski definition) is 0. The maximum atomic E-state index is 11.4. The first-order valence-electron chi connectivity index (χ1n) is 4.44. The van der Waals surface area contributed by atoms with Gasteiger partial charge in [-0.1, -0.05) is 18.7 Å². The van der Waals surface area contributed by atoms with Gasteiger partial charge in [-0.2, -0.15) is 0 Å². The second kappa shape index (κ2) is 3.14. The smallest absolute Gasteiger partial charge is 0.185 e. The molecule has 70 valence electrons. The summed E-state index contributed by atoms with van der Waals surface area (Å²) in [5.41, 5.74) is 1.76. The highest BCUT2D eigenvalue weighted by atomic mass is 16.1. The molecule has 0 saturated carbocycles. The van der Waals surface area contributed by atoms with Gasteiger partial charge in [-0.05, 0) is 23.6 Å². The van der Waals surface area contributed by atoms with Crippen LogP contribution in [-0.4, -0.2) is 10.4 Å². The Kier molecular flexibility index (Phi) is 1.97. The van der Waals surface area contributed by atoms with E-state index < -0.39 is 0 Å². The zero-order valence-corrected chi connectivity index (χ0v) is 8.03. The van der Waals surface area contributed by atoms with Gasteiger partial charge in [0.15, 0.2) is 5.78 Å². The molecule has 0 aliphatic carbocycles. The van der Waals surface area contributed by atoms with Crippen LogP contribution in [0.15, 0.2) is 43.1 Å². The summed E-state index contributed by atoms with van der Waals surface area (Å²) >= 11 is 0. The molecule has 0 saturated heterocycles. The molecule has 2 heteroatoms. The van der Waals surface area contributed by atoms with E-state index >= 15 is 0 Å². The van der Waals surface area contributed by atoms with Gasteiger partial charge in [0, 0.05) is 24.3 Å². The van der Waals surface area contributed by atoms with Crippen molar-refractivity contribution in [2.24, 2.45) is 7.05 Å². The molecule has 1 aromatic carbocycles. The van der Waals surface area contributed by atoms with Crippen molar-refractivity contribution < 1.29 is 4.79 Å². The molecule has 2 nitrogen and oxygen atoms in total. The van der Waals surface area contributed by atoms with Crippen molar-refractivity contribution in [2.75, 3.05) is 0 Å². The minimum Gasteiger partial charge on any atom is -0.351 e. The van der Waals surface area contributed by atoms with Crippen LogP contribution in [0.5, 0.6) is 0 Å². The van der Waals surface area contributed by atoms with Crippen molar-refractivity contribution in [1.82, 2.24) is 4.57 Å². The van der Waals surface area contributed by atoms with Crippen LogP contribution < -0.4 is 0 Å². The van der Waals surface area contributed by atoms with Crippen molar-refractivity contribution in [3.05, 3.63) is 48.7 Å². The summed E-state index contributed by atoms with van der Waals surface area (Å²) in [5, 5.41) is 1.15. The van der Waals surface area contributed by atoms with Crippen molar-refractivity contribution in [1.29, 1.82) is 0 Å². The predicted molar refractivity (Wildman–Crippen MR) is 57.4 cm³/mol. The maximum Gasteiger partial charge on any atom is 0.185 e. The van der Waals surface area contributed by atoms with E-state index in [-0.39, 0.29) is 5.78 Å². The number of hydrogen-bond acceptors (Lipinski definition) is 1. The molecule has 0 aliphatic heterocycles. The Morgan fingerprint density at radius 1 is 1.43 bits per heavy atom. The number of nitrogens with zero attached hydrogens (tertiary/aromatic N) is 1. The van der Waals surface area contributed by atoms with E-state index in [0.717, 1.165) is 10.9 Å². The third kappa shape index (κ3) is 1.25. The van der Waals surface area contributed by atoms with Crippen molar-refractivity contribution in [2.45, 2.75) is 0 Å². The number of ketones is 1. The van der Waals surface area contributed by atoms with Crippen LogP contribution in [0.2, 0.25) is 0 Å². The van der Waals surface area contributed by atoms with Crippen LogP contribution >= 0.6 is 0 Å². The number of fused-ring (bicyclic) bond motifs is 1. The Labute approximate surface area is 82.5 Å². The minimum absolute atomic E-state index is 0.0342. The summed E-state index contributed by atoms with van der Waals surface area (Å²) in [6.07, 6.45) is 3.32. The quantitative estimate of drug-likeness (QED) is 0.520. The molecule has 0 amide bonds. The average Bonchev–Trinajstić information content (AvgIpc) is 2.59. The first-order valence-corrected chi connectivity index (χ1v) is 4.44. The third-order valence-electron chi connectivity index (χ3n) is 2.36. The van der Waals surface area contributed by atoms with Gasteiger partial charge >= 0.3 is 0 Å². The molecule has 2 rings (SSSR count). The Hall–Kier alpha value is -1.83. The molecule has 0 aliphatic rings. The fourth-order valence-corrected chi connectivity index (χ4v) is 1.53. The lowest BCUT2D eigenvalue weighted by Gasteiger charge is -1.99. The third-order valence-corrected chi connectivity index (χ3v) is 2.36. The first-order chi connectivity index (χ1) is 6.72. The largest absolute Gasteiger partial charge is 0.351 e. The lowest BCUT2D eigenvalue weighted by Crippen LogP contribution is -1.94. The monoisotopic (exact) mass is 185 g/mol. The number of carbonyl (C=O) groups is 1. The van der Waals surface area contributed by atoms with Gasteiger partial charge in [0.1, 0.15) is 0 Å². The minimum atomic E-state index is -0.0342. The number of allylic oxidation sites excluding steroid dienone is 1. The molecule has 14 heavy (non-hydrogen) atoms. The molecular weight excluding hydrogens is 174 g/mol. The second-order valence-corrected chi connectivity index (χ2v) is 3.27. The lowest BCUT2D eigenvalue weighted by molar-refractivity contribution is 0.104. The first kappa shape index (κ1) is 8.75. The standard InChI is InChI=1S/C12H11NO/c1-3-12(14)10-5-4-9-6-7-13(2)11(9)8-10/h3-8H,1H2,2H3. The van der Waals surface area contributed by atoms with Crippen LogP contribution in [0.3, 0.4) is 0 Å². The fraction of sp³-hybridized carbons (Fsp3) is 0.0833. The number of benzene rings is 1. The van der Waals surface area contributed by atoms with Crippen molar-refractivity contribution in [3.63, 3.8) is 0 Å². The highest BCUT2D eigenvalue weighted by molar-refractivity contribution is 6.06. The van der Waals surface area contributed by atoms with E-state index in [0.29, 0.717) is 5.56 Å². The van der Waals surface area contributed by atoms with Crippen LogP contribution in [0.1, 0.15) is 10.4 Å². The van der Waals surface area contributed by atoms with Crippen molar-refractivity contribution in [3.8, 4) is 0 Å². The zero-order chi connectivity index (χ0) is 10.1. The molecule has 0 atom stereocenters. The zero-order valence-electron chi connectivity index (χ0n) is 8.03.